The summed E-state index contributed by atoms with van der Waals surface area (Å²) < 4.78 is 1.60. The number of nitrogens with zero attached hydrogens (tertiary/aromatic N) is 3. The van der Waals surface area contributed by atoms with Crippen molar-refractivity contribution in [3.05, 3.63) is 53.9 Å². The van der Waals surface area contributed by atoms with Gasteiger partial charge < -0.3 is 10.4 Å². The first-order valence-electron chi connectivity index (χ1n) is 7.47. The van der Waals surface area contributed by atoms with Crippen molar-refractivity contribution in [2.75, 3.05) is 6.54 Å². The molecular weight excluding hydrogens is 308 g/mol. The Labute approximate surface area is 137 Å². The number of benzene rings is 1. The maximum absolute atomic E-state index is 12.1. The van der Waals surface area contributed by atoms with Crippen molar-refractivity contribution in [2.24, 2.45) is 0 Å². The Morgan fingerprint density at radius 1 is 1.21 bits per heavy atom. The second kappa shape index (κ2) is 6.49. The lowest BCUT2D eigenvalue weighted by molar-refractivity contribution is -0.136. The summed E-state index contributed by atoms with van der Waals surface area (Å²) in [6, 6.07) is 11.5. The minimum absolute atomic E-state index is 0.0764. The van der Waals surface area contributed by atoms with Gasteiger partial charge in [-0.2, -0.15) is 5.10 Å². The molecule has 0 fully saturated rings. The van der Waals surface area contributed by atoms with Gasteiger partial charge in [0, 0.05) is 11.9 Å². The van der Waals surface area contributed by atoms with Gasteiger partial charge in [-0.15, -0.1) is 0 Å². The number of para-hydroxylation sites is 1. The Kier molecular flexibility index (Phi) is 4.24. The molecule has 3 rings (SSSR count). The van der Waals surface area contributed by atoms with Crippen molar-refractivity contribution in [3.8, 4) is 5.82 Å². The Hall–Kier alpha value is -3.22. The van der Waals surface area contributed by atoms with Gasteiger partial charge in [-0.05, 0) is 25.1 Å². The average molecular weight is 324 g/mol. The number of hydrogen-bond acceptors (Lipinski definition) is 4. The maximum atomic E-state index is 12.1. The van der Waals surface area contributed by atoms with Gasteiger partial charge in [0.2, 0.25) is 0 Å². The predicted octanol–water partition coefficient (Wildman–Crippen LogP) is 1.93. The highest BCUT2D eigenvalue weighted by Crippen LogP contribution is 2.17. The lowest BCUT2D eigenvalue weighted by Gasteiger charge is -2.06. The van der Waals surface area contributed by atoms with Crippen LogP contribution in [0.25, 0.3) is 16.7 Å². The van der Waals surface area contributed by atoms with Crippen LogP contribution in [0.15, 0.2) is 42.6 Å². The van der Waals surface area contributed by atoms with Gasteiger partial charge in [0.1, 0.15) is 0 Å². The van der Waals surface area contributed by atoms with Crippen LogP contribution in [-0.2, 0) is 4.79 Å². The molecule has 0 saturated carbocycles. The topological polar surface area (TPSA) is 97.1 Å². The van der Waals surface area contributed by atoms with Crippen molar-refractivity contribution < 1.29 is 14.7 Å². The van der Waals surface area contributed by atoms with E-state index in [0.717, 1.165) is 10.9 Å². The van der Waals surface area contributed by atoms with Gasteiger partial charge in [0.25, 0.3) is 5.91 Å². The Bertz CT molecular complexity index is 917. The molecule has 1 aromatic carbocycles. The fraction of sp³-hybridized carbons (Fsp3) is 0.176. The number of aliphatic carboxylic acids is 1. The molecule has 2 N–H and O–H groups in total. The molecule has 2 aromatic heterocycles. The zero-order chi connectivity index (χ0) is 17.1. The first-order chi connectivity index (χ1) is 11.6. The summed E-state index contributed by atoms with van der Waals surface area (Å²) in [4.78, 5) is 27.2. The Morgan fingerprint density at radius 3 is 2.79 bits per heavy atom. The molecule has 1 amide bonds. The SMILES string of the molecule is Cc1c(C(=O)NCCC(=O)O)cnn1-c1ccc2ccccc2n1. The number of rotatable bonds is 5. The molecule has 0 aliphatic heterocycles. The van der Waals surface area contributed by atoms with Crippen molar-refractivity contribution in [1.29, 1.82) is 0 Å². The van der Waals surface area contributed by atoms with Gasteiger partial charge in [0.05, 0.1) is 29.4 Å². The Balaban J connectivity index is 1.85. The minimum atomic E-state index is -0.955. The van der Waals surface area contributed by atoms with Crippen LogP contribution in [-0.4, -0.2) is 38.3 Å². The van der Waals surface area contributed by atoms with Crippen LogP contribution in [0.4, 0.5) is 0 Å². The lowest BCUT2D eigenvalue weighted by Crippen LogP contribution is -2.26. The van der Waals surface area contributed by atoms with Crippen LogP contribution < -0.4 is 5.32 Å². The standard InChI is InChI=1S/C17H16N4O3/c1-11-13(17(24)18-9-8-16(22)23)10-19-21(11)15-7-6-12-4-2-3-5-14(12)20-15/h2-7,10H,8-9H2,1H3,(H,18,24)(H,22,23). The Morgan fingerprint density at radius 2 is 2.00 bits per heavy atom. The van der Waals surface area contributed by atoms with E-state index in [0.29, 0.717) is 17.1 Å². The number of carbonyl (C=O) groups is 2. The monoisotopic (exact) mass is 324 g/mol. The molecular formula is C17H16N4O3. The minimum Gasteiger partial charge on any atom is -0.481 e. The summed E-state index contributed by atoms with van der Waals surface area (Å²) in [5.74, 6) is -0.681. The largest absolute Gasteiger partial charge is 0.481 e. The normalized spacial score (nSPS) is 10.7. The smallest absolute Gasteiger partial charge is 0.305 e. The molecule has 7 nitrogen and oxygen atoms in total. The molecule has 0 atom stereocenters. The van der Waals surface area contributed by atoms with Crippen molar-refractivity contribution in [1.82, 2.24) is 20.1 Å². The second-order valence-corrected chi connectivity index (χ2v) is 5.32. The van der Waals surface area contributed by atoms with E-state index in [9.17, 15) is 9.59 Å². The predicted molar refractivity (Wildman–Crippen MR) is 88.2 cm³/mol. The summed E-state index contributed by atoms with van der Waals surface area (Å²) in [5.41, 5.74) is 1.89. The summed E-state index contributed by atoms with van der Waals surface area (Å²) >= 11 is 0. The fourth-order valence-corrected chi connectivity index (χ4v) is 2.41. The lowest BCUT2D eigenvalue weighted by atomic mass is 10.2. The number of carboxylic acids is 1. The second-order valence-electron chi connectivity index (χ2n) is 5.32. The molecule has 0 unspecified atom stereocenters. The number of carboxylic acid groups (broad SMARTS) is 1. The van der Waals surface area contributed by atoms with E-state index in [-0.39, 0.29) is 18.9 Å². The number of carbonyl (C=O) groups excluding carboxylic acids is 1. The van der Waals surface area contributed by atoms with Gasteiger partial charge in [-0.3, -0.25) is 9.59 Å². The highest BCUT2D eigenvalue weighted by Gasteiger charge is 2.15. The molecule has 0 spiro atoms. The summed E-state index contributed by atoms with van der Waals surface area (Å²) in [7, 11) is 0. The first kappa shape index (κ1) is 15.7. The average Bonchev–Trinajstić information content (AvgIpc) is 2.95. The molecule has 3 aromatic rings. The molecule has 122 valence electrons. The van der Waals surface area contributed by atoms with E-state index in [4.69, 9.17) is 5.11 Å². The third kappa shape index (κ3) is 3.10. The summed E-state index contributed by atoms with van der Waals surface area (Å²) in [6.45, 7) is 1.85. The van der Waals surface area contributed by atoms with Gasteiger partial charge in [0.15, 0.2) is 5.82 Å². The van der Waals surface area contributed by atoms with Crippen LogP contribution in [0.1, 0.15) is 22.5 Å². The third-order valence-electron chi connectivity index (χ3n) is 3.68. The van der Waals surface area contributed by atoms with Gasteiger partial charge >= 0.3 is 5.97 Å². The van der Waals surface area contributed by atoms with Gasteiger partial charge in [-0.25, -0.2) is 9.67 Å². The number of aromatic nitrogens is 3. The van der Waals surface area contributed by atoms with E-state index >= 15 is 0 Å². The van der Waals surface area contributed by atoms with Crippen LogP contribution in [0.2, 0.25) is 0 Å². The molecule has 24 heavy (non-hydrogen) atoms. The van der Waals surface area contributed by atoms with Crippen LogP contribution in [0.3, 0.4) is 0 Å². The van der Waals surface area contributed by atoms with Crippen LogP contribution in [0, 0.1) is 6.92 Å². The number of hydrogen-bond donors (Lipinski definition) is 2. The van der Waals surface area contributed by atoms with E-state index in [1.54, 1.807) is 11.6 Å². The summed E-state index contributed by atoms with van der Waals surface area (Å²) in [6.07, 6.45) is 1.34. The molecule has 0 aliphatic rings. The zero-order valence-corrected chi connectivity index (χ0v) is 13.1. The number of fused-ring (bicyclic) bond motifs is 1. The van der Waals surface area contributed by atoms with E-state index in [1.807, 2.05) is 36.4 Å². The van der Waals surface area contributed by atoms with Crippen molar-refractivity contribution >= 4 is 22.8 Å². The molecule has 2 heterocycles. The van der Waals surface area contributed by atoms with Crippen molar-refractivity contribution in [2.45, 2.75) is 13.3 Å². The number of amides is 1. The molecule has 0 radical (unpaired) electrons. The fourth-order valence-electron chi connectivity index (χ4n) is 2.41. The zero-order valence-electron chi connectivity index (χ0n) is 13.1. The maximum Gasteiger partial charge on any atom is 0.305 e. The summed E-state index contributed by atoms with van der Waals surface area (Å²) in [5, 5.41) is 16.4. The van der Waals surface area contributed by atoms with Crippen molar-refractivity contribution in [3.63, 3.8) is 0 Å². The van der Waals surface area contributed by atoms with Crippen LogP contribution in [0.5, 0.6) is 0 Å². The third-order valence-corrected chi connectivity index (χ3v) is 3.68. The van der Waals surface area contributed by atoms with Crippen LogP contribution >= 0.6 is 0 Å². The molecule has 0 aliphatic carbocycles. The van der Waals surface area contributed by atoms with E-state index < -0.39 is 5.97 Å². The quantitative estimate of drug-likeness (QED) is 0.747. The first-order valence-corrected chi connectivity index (χ1v) is 7.47. The molecule has 0 saturated heterocycles. The highest BCUT2D eigenvalue weighted by molar-refractivity contribution is 5.95. The number of pyridine rings is 1. The molecule has 0 bridgehead atoms. The molecule has 7 heteroatoms. The number of nitrogens with one attached hydrogen (secondary N) is 1. The van der Waals surface area contributed by atoms with E-state index in [1.165, 1.54) is 6.20 Å². The highest BCUT2D eigenvalue weighted by atomic mass is 16.4. The van der Waals surface area contributed by atoms with Gasteiger partial charge in [-0.1, -0.05) is 18.2 Å². The van der Waals surface area contributed by atoms with E-state index in [2.05, 4.69) is 15.4 Å².